The number of pyridine rings is 1. The van der Waals surface area contributed by atoms with E-state index in [1.165, 1.54) is 47.6 Å². The molecule has 1 aliphatic rings. The van der Waals surface area contributed by atoms with E-state index in [2.05, 4.69) is 15.3 Å². The molecule has 0 bridgehead atoms. The second-order valence-corrected chi connectivity index (χ2v) is 8.20. The maximum atomic E-state index is 14.8. The van der Waals surface area contributed by atoms with Gasteiger partial charge in [-0.2, -0.15) is 0 Å². The minimum atomic E-state index is -0.721. The molecule has 2 aromatic heterocycles. The molecular weight excluding hydrogens is 426 g/mol. The molecule has 1 atom stereocenters. The van der Waals surface area contributed by atoms with E-state index in [4.69, 9.17) is 0 Å². The van der Waals surface area contributed by atoms with Crippen molar-refractivity contribution in [1.82, 2.24) is 19.9 Å². The summed E-state index contributed by atoms with van der Waals surface area (Å²) < 4.78 is 29.9. The van der Waals surface area contributed by atoms with Crippen LogP contribution in [-0.4, -0.2) is 20.4 Å². The summed E-state index contributed by atoms with van der Waals surface area (Å²) >= 11 is 0. The van der Waals surface area contributed by atoms with Gasteiger partial charge in [0, 0.05) is 11.1 Å². The summed E-state index contributed by atoms with van der Waals surface area (Å²) in [5.74, 6) is -1.38. The molecule has 0 aliphatic heterocycles. The first-order valence-corrected chi connectivity index (χ1v) is 10.6. The lowest BCUT2D eigenvalue weighted by atomic mass is 9.99. The zero-order valence-corrected chi connectivity index (χ0v) is 17.8. The van der Waals surface area contributed by atoms with E-state index in [9.17, 15) is 18.4 Å². The standard InChI is InChI=1S/C25H20F2N4O2/c1-14-21(24(32)30-23(15-8-9-15)16-4-2-5-17(26)10-16)19-6-3-7-20(27)22(19)25(33)31(14)18-11-28-13-29-12-18/h2-7,10-13,15,23H,8-9H2,1H3,(H,30,32)/t23-/m0/s1. The van der Waals surface area contributed by atoms with Crippen LogP contribution in [0.25, 0.3) is 16.5 Å². The van der Waals surface area contributed by atoms with Crippen LogP contribution in [0.3, 0.4) is 0 Å². The average Bonchev–Trinajstić information content (AvgIpc) is 3.63. The molecule has 8 heteroatoms. The third-order valence-corrected chi connectivity index (χ3v) is 6.02. The van der Waals surface area contributed by atoms with Crippen molar-refractivity contribution in [3.8, 4) is 5.69 Å². The van der Waals surface area contributed by atoms with Gasteiger partial charge in [-0.05, 0) is 49.4 Å². The van der Waals surface area contributed by atoms with Crippen molar-refractivity contribution in [2.24, 2.45) is 5.92 Å². The maximum Gasteiger partial charge on any atom is 0.266 e. The zero-order chi connectivity index (χ0) is 23.1. The number of rotatable bonds is 5. The largest absolute Gasteiger partial charge is 0.345 e. The number of halogens is 2. The Balaban J connectivity index is 1.68. The maximum absolute atomic E-state index is 14.8. The lowest BCUT2D eigenvalue weighted by molar-refractivity contribution is 0.0932. The fourth-order valence-electron chi connectivity index (χ4n) is 4.34. The number of fused-ring (bicyclic) bond motifs is 1. The highest BCUT2D eigenvalue weighted by Crippen LogP contribution is 2.41. The van der Waals surface area contributed by atoms with Crippen LogP contribution >= 0.6 is 0 Å². The van der Waals surface area contributed by atoms with E-state index in [1.54, 1.807) is 25.1 Å². The van der Waals surface area contributed by atoms with Gasteiger partial charge >= 0.3 is 0 Å². The lowest BCUT2D eigenvalue weighted by Gasteiger charge is -2.22. The molecule has 1 fully saturated rings. The summed E-state index contributed by atoms with van der Waals surface area (Å²) in [4.78, 5) is 34.7. The summed E-state index contributed by atoms with van der Waals surface area (Å²) in [5, 5.41) is 3.04. The normalized spacial score (nSPS) is 14.3. The summed E-state index contributed by atoms with van der Waals surface area (Å²) in [6, 6.07) is 9.97. The summed E-state index contributed by atoms with van der Waals surface area (Å²) in [6.45, 7) is 1.63. The number of aromatic nitrogens is 3. The van der Waals surface area contributed by atoms with Gasteiger partial charge in [0.25, 0.3) is 11.5 Å². The van der Waals surface area contributed by atoms with Crippen LogP contribution < -0.4 is 10.9 Å². The molecule has 0 unspecified atom stereocenters. The zero-order valence-electron chi connectivity index (χ0n) is 17.8. The number of nitrogens with zero attached hydrogens (tertiary/aromatic N) is 3. The minimum absolute atomic E-state index is 0.176. The van der Waals surface area contributed by atoms with Gasteiger partial charge < -0.3 is 5.32 Å². The third-order valence-electron chi connectivity index (χ3n) is 6.02. The average molecular weight is 446 g/mol. The van der Waals surface area contributed by atoms with Gasteiger partial charge in [-0.1, -0.05) is 24.3 Å². The molecule has 1 aliphatic carbocycles. The summed E-state index contributed by atoms with van der Waals surface area (Å²) in [5.41, 5.74) is 0.900. The van der Waals surface area contributed by atoms with Crippen molar-refractivity contribution in [2.45, 2.75) is 25.8 Å². The van der Waals surface area contributed by atoms with Crippen LogP contribution in [0.2, 0.25) is 0 Å². The van der Waals surface area contributed by atoms with E-state index in [0.717, 1.165) is 12.8 Å². The smallest absolute Gasteiger partial charge is 0.266 e. The molecule has 1 N–H and O–H groups in total. The fourth-order valence-corrected chi connectivity index (χ4v) is 4.34. The second-order valence-electron chi connectivity index (χ2n) is 8.20. The third kappa shape index (κ3) is 3.77. The molecule has 4 aromatic rings. The Morgan fingerprint density at radius 2 is 1.85 bits per heavy atom. The molecular formula is C25H20F2N4O2. The fraction of sp³-hybridized carbons (Fsp3) is 0.200. The Bertz CT molecular complexity index is 1430. The molecule has 2 aromatic carbocycles. The van der Waals surface area contributed by atoms with Crippen LogP contribution in [0.1, 0.15) is 40.5 Å². The van der Waals surface area contributed by atoms with Crippen molar-refractivity contribution in [3.63, 3.8) is 0 Å². The topological polar surface area (TPSA) is 76.9 Å². The van der Waals surface area contributed by atoms with Crippen molar-refractivity contribution >= 4 is 16.7 Å². The molecule has 0 radical (unpaired) electrons. The molecule has 2 heterocycles. The number of benzene rings is 2. The molecule has 6 nitrogen and oxygen atoms in total. The van der Waals surface area contributed by atoms with Gasteiger partial charge in [0.15, 0.2) is 0 Å². The number of amides is 1. The molecule has 33 heavy (non-hydrogen) atoms. The Morgan fingerprint density at radius 3 is 2.55 bits per heavy atom. The van der Waals surface area contributed by atoms with Crippen molar-refractivity contribution in [3.05, 3.63) is 100.0 Å². The molecule has 0 saturated heterocycles. The molecule has 5 rings (SSSR count). The van der Waals surface area contributed by atoms with Crippen LogP contribution in [-0.2, 0) is 0 Å². The minimum Gasteiger partial charge on any atom is -0.345 e. The summed E-state index contributed by atoms with van der Waals surface area (Å²) in [7, 11) is 0. The number of carbonyl (C=O) groups excluding carboxylic acids is 1. The number of carbonyl (C=O) groups is 1. The van der Waals surface area contributed by atoms with Crippen LogP contribution in [0.5, 0.6) is 0 Å². The quantitative estimate of drug-likeness (QED) is 0.497. The number of nitrogens with one attached hydrogen (secondary N) is 1. The highest BCUT2D eigenvalue weighted by atomic mass is 19.1. The number of hydrogen-bond acceptors (Lipinski definition) is 4. The van der Waals surface area contributed by atoms with Crippen molar-refractivity contribution in [2.75, 3.05) is 0 Å². The second kappa shape index (κ2) is 8.20. The van der Waals surface area contributed by atoms with E-state index in [0.29, 0.717) is 16.9 Å². The van der Waals surface area contributed by atoms with Gasteiger partial charge in [0.05, 0.1) is 35.1 Å². The Labute approximate surface area is 187 Å². The summed E-state index contributed by atoms with van der Waals surface area (Å²) in [6.07, 6.45) is 6.00. The van der Waals surface area contributed by atoms with Gasteiger partial charge in [-0.3, -0.25) is 14.2 Å². The highest BCUT2D eigenvalue weighted by Gasteiger charge is 2.34. The predicted octanol–water partition coefficient (Wildman–Crippen LogP) is 4.25. The van der Waals surface area contributed by atoms with Crippen LogP contribution in [0.4, 0.5) is 8.78 Å². The van der Waals surface area contributed by atoms with Crippen LogP contribution in [0.15, 0.2) is 66.0 Å². The SMILES string of the molecule is Cc1c(C(=O)N[C@H](c2cccc(F)c2)C2CC2)c2cccc(F)c2c(=O)n1-c1cncnc1. The number of hydrogen-bond donors (Lipinski definition) is 1. The Hall–Kier alpha value is -3.94. The predicted molar refractivity (Wildman–Crippen MR) is 119 cm³/mol. The highest BCUT2D eigenvalue weighted by molar-refractivity contribution is 6.08. The monoisotopic (exact) mass is 446 g/mol. The van der Waals surface area contributed by atoms with E-state index in [-0.39, 0.29) is 28.1 Å². The van der Waals surface area contributed by atoms with Gasteiger partial charge in [-0.15, -0.1) is 0 Å². The lowest BCUT2D eigenvalue weighted by Crippen LogP contribution is -2.33. The van der Waals surface area contributed by atoms with Crippen molar-refractivity contribution in [1.29, 1.82) is 0 Å². The molecule has 1 amide bonds. The van der Waals surface area contributed by atoms with E-state index in [1.807, 2.05) is 0 Å². The van der Waals surface area contributed by atoms with Crippen molar-refractivity contribution < 1.29 is 13.6 Å². The molecule has 166 valence electrons. The van der Waals surface area contributed by atoms with E-state index < -0.39 is 23.3 Å². The Kier molecular flexibility index (Phi) is 5.20. The van der Waals surface area contributed by atoms with Crippen LogP contribution in [0, 0.1) is 24.5 Å². The van der Waals surface area contributed by atoms with Gasteiger partial charge in [0.2, 0.25) is 0 Å². The molecule has 1 saturated carbocycles. The first kappa shape index (κ1) is 20.9. The van der Waals surface area contributed by atoms with E-state index >= 15 is 0 Å². The van der Waals surface area contributed by atoms with Gasteiger partial charge in [0.1, 0.15) is 18.0 Å². The first-order chi connectivity index (χ1) is 16.0. The first-order valence-electron chi connectivity index (χ1n) is 10.6. The molecule has 0 spiro atoms. The van der Waals surface area contributed by atoms with Gasteiger partial charge in [-0.25, -0.2) is 18.7 Å². The Morgan fingerprint density at radius 1 is 1.12 bits per heavy atom.